The topological polar surface area (TPSA) is 54.4 Å². The monoisotopic (exact) mass is 346 g/mol. The van der Waals surface area contributed by atoms with E-state index in [1.807, 2.05) is 6.08 Å². The minimum atomic E-state index is 0.245. The van der Waals surface area contributed by atoms with Crippen LogP contribution in [0.2, 0.25) is 0 Å². The van der Waals surface area contributed by atoms with Gasteiger partial charge in [-0.3, -0.25) is 9.59 Å². The number of aliphatic hydroxyl groups is 1. The fourth-order valence-corrected chi connectivity index (χ4v) is 7.23. The first-order valence-electron chi connectivity index (χ1n) is 10.1. The van der Waals surface area contributed by atoms with Crippen LogP contribution in [0, 0.1) is 34.5 Å². The van der Waals surface area contributed by atoms with Crippen LogP contribution in [0.3, 0.4) is 0 Å². The van der Waals surface area contributed by atoms with Gasteiger partial charge in [-0.25, -0.2) is 0 Å². The summed E-state index contributed by atoms with van der Waals surface area (Å²) in [6.07, 6.45) is 10.9. The van der Waals surface area contributed by atoms with Gasteiger partial charge in [-0.2, -0.15) is 0 Å². The van der Waals surface area contributed by atoms with Crippen molar-refractivity contribution in [3.8, 4) is 0 Å². The molecular weight excluding hydrogens is 312 g/mol. The highest BCUT2D eigenvalue weighted by atomic mass is 16.2. The van der Waals surface area contributed by atoms with Crippen LogP contribution in [-0.4, -0.2) is 23.8 Å². The largest absolute Gasteiger partial charge is 0.400 e. The third-order valence-corrected chi connectivity index (χ3v) is 8.45. The third-order valence-electron chi connectivity index (χ3n) is 8.45. The van der Waals surface area contributed by atoms with Gasteiger partial charge in [0.25, 0.3) is 0 Å². The molecule has 4 aliphatic carbocycles. The van der Waals surface area contributed by atoms with Gasteiger partial charge < -0.3 is 5.11 Å². The van der Waals surface area contributed by atoms with Crippen LogP contribution in [0.1, 0.15) is 72.1 Å². The van der Waals surface area contributed by atoms with Gasteiger partial charge in [0.15, 0.2) is 5.78 Å². The normalized spacial score (nSPS) is 45.3. The Kier molecular flexibility index (Phi) is 5.00. The van der Waals surface area contributed by atoms with Gasteiger partial charge in [0.1, 0.15) is 5.78 Å². The molecule has 4 rings (SSSR count). The molecule has 0 amide bonds. The van der Waals surface area contributed by atoms with E-state index in [2.05, 4.69) is 13.8 Å². The van der Waals surface area contributed by atoms with Gasteiger partial charge in [-0.15, -0.1) is 0 Å². The molecule has 0 heterocycles. The first-order valence-corrected chi connectivity index (χ1v) is 10.1. The maximum atomic E-state index is 12.1. The van der Waals surface area contributed by atoms with E-state index >= 15 is 0 Å². The number of aliphatic hydroxyl groups excluding tert-OH is 1. The van der Waals surface area contributed by atoms with Crippen molar-refractivity contribution in [1.82, 2.24) is 0 Å². The van der Waals surface area contributed by atoms with E-state index < -0.39 is 0 Å². The van der Waals surface area contributed by atoms with E-state index in [0.29, 0.717) is 17.5 Å². The Morgan fingerprint density at radius 1 is 1.04 bits per heavy atom. The molecule has 0 radical (unpaired) electrons. The van der Waals surface area contributed by atoms with Gasteiger partial charge in [-0.05, 0) is 86.5 Å². The number of Topliss-reactive ketones (excluding diaryl/α,β-unsaturated/α-hetero) is 1. The lowest BCUT2D eigenvalue weighted by molar-refractivity contribution is -0.128. The molecule has 25 heavy (non-hydrogen) atoms. The molecule has 3 fully saturated rings. The smallest absolute Gasteiger partial charge is 0.155 e. The molecule has 0 unspecified atom stereocenters. The Morgan fingerprint density at radius 2 is 1.76 bits per heavy atom. The lowest BCUT2D eigenvalue weighted by Crippen LogP contribution is -2.51. The number of ketones is 2. The molecule has 0 aromatic heterocycles. The van der Waals surface area contributed by atoms with E-state index in [1.165, 1.54) is 31.3 Å². The first-order chi connectivity index (χ1) is 11.9. The number of hydrogen-bond acceptors (Lipinski definition) is 3. The SMILES string of the molecule is CC(=O)[C@H]1CC[C@H]2[C@@H]3CCC4=CC(=O)CC[C@]4(C)[C@H]3CC[C@]12C.CO. The Hall–Kier alpha value is -0.960. The summed E-state index contributed by atoms with van der Waals surface area (Å²) in [5, 5.41) is 7.00. The molecule has 4 aliphatic rings. The first kappa shape index (κ1) is 18.8. The van der Waals surface area contributed by atoms with E-state index in [1.54, 1.807) is 6.92 Å². The predicted molar refractivity (Wildman–Crippen MR) is 99.0 cm³/mol. The number of fused-ring (bicyclic) bond motifs is 5. The zero-order valence-electron chi connectivity index (χ0n) is 16.3. The molecule has 0 saturated heterocycles. The van der Waals surface area contributed by atoms with E-state index in [4.69, 9.17) is 5.11 Å². The molecule has 0 aromatic rings. The van der Waals surface area contributed by atoms with Crippen LogP contribution in [0.25, 0.3) is 0 Å². The zero-order chi connectivity index (χ0) is 18.4. The second-order valence-electron chi connectivity index (χ2n) is 9.25. The van der Waals surface area contributed by atoms with Crippen molar-refractivity contribution in [3.63, 3.8) is 0 Å². The molecule has 3 nitrogen and oxygen atoms in total. The second-order valence-corrected chi connectivity index (χ2v) is 9.25. The van der Waals surface area contributed by atoms with Crippen LogP contribution in [0.4, 0.5) is 0 Å². The Labute approximate surface area is 152 Å². The summed E-state index contributed by atoms with van der Waals surface area (Å²) in [5.41, 5.74) is 1.95. The molecule has 3 heteroatoms. The van der Waals surface area contributed by atoms with Crippen LogP contribution in [0.5, 0.6) is 0 Å². The quantitative estimate of drug-likeness (QED) is 0.769. The number of allylic oxidation sites excluding steroid dienone is 1. The molecule has 3 saturated carbocycles. The Bertz CT molecular complexity index is 592. The van der Waals surface area contributed by atoms with E-state index in [9.17, 15) is 9.59 Å². The fraction of sp³-hybridized carbons (Fsp3) is 0.818. The predicted octanol–water partition coefficient (Wildman–Crippen LogP) is 4.33. The standard InChI is InChI=1S/C21H30O2.CH4O/c1-13(22)17-6-7-18-16-5-4-14-12-15(23)8-10-20(14,2)19(16)9-11-21(17,18)3;1-2/h12,16-19H,4-11H2,1-3H3;2H,1H3/t16-,17+,18-,19-,20-,21+;/m0./s1. The highest BCUT2D eigenvalue weighted by Gasteiger charge is 2.59. The molecule has 1 N–H and O–H groups in total. The minimum absolute atomic E-state index is 0.245. The van der Waals surface area contributed by atoms with Crippen molar-refractivity contribution in [2.24, 2.45) is 34.5 Å². The minimum Gasteiger partial charge on any atom is -0.400 e. The summed E-state index contributed by atoms with van der Waals surface area (Å²) in [7, 11) is 1.00. The maximum Gasteiger partial charge on any atom is 0.155 e. The summed E-state index contributed by atoms with van der Waals surface area (Å²) >= 11 is 0. The maximum absolute atomic E-state index is 12.1. The fourth-order valence-electron chi connectivity index (χ4n) is 7.23. The summed E-state index contributed by atoms with van der Waals surface area (Å²) in [4.78, 5) is 24.0. The number of rotatable bonds is 1. The highest BCUT2D eigenvalue weighted by Crippen LogP contribution is 2.66. The lowest BCUT2D eigenvalue weighted by Gasteiger charge is -2.58. The summed E-state index contributed by atoms with van der Waals surface area (Å²) in [5.74, 6) is 3.29. The molecule has 0 bridgehead atoms. The Morgan fingerprint density at radius 3 is 2.44 bits per heavy atom. The third kappa shape index (κ3) is 2.74. The van der Waals surface area contributed by atoms with Crippen molar-refractivity contribution >= 4 is 11.6 Å². The average molecular weight is 347 g/mol. The molecule has 6 atom stereocenters. The Balaban J connectivity index is 0.000000880. The van der Waals surface area contributed by atoms with Crippen molar-refractivity contribution in [3.05, 3.63) is 11.6 Å². The van der Waals surface area contributed by atoms with E-state index in [-0.39, 0.29) is 10.8 Å². The van der Waals surface area contributed by atoms with Crippen molar-refractivity contribution in [2.75, 3.05) is 7.11 Å². The summed E-state index contributed by atoms with van der Waals surface area (Å²) in [6.45, 7) is 6.65. The van der Waals surface area contributed by atoms with Crippen molar-refractivity contribution in [1.29, 1.82) is 0 Å². The number of carbonyl (C=O) groups is 2. The summed E-state index contributed by atoms with van der Waals surface area (Å²) < 4.78 is 0. The van der Waals surface area contributed by atoms with Crippen LogP contribution in [-0.2, 0) is 9.59 Å². The average Bonchev–Trinajstić information content (AvgIpc) is 2.95. The van der Waals surface area contributed by atoms with Gasteiger partial charge in [-0.1, -0.05) is 19.4 Å². The van der Waals surface area contributed by atoms with Crippen molar-refractivity contribution in [2.45, 2.75) is 72.1 Å². The molecule has 0 aliphatic heterocycles. The number of hydrogen-bond donors (Lipinski definition) is 1. The molecule has 0 aromatic carbocycles. The molecular formula is C22H34O3. The molecule has 0 spiro atoms. The zero-order valence-corrected chi connectivity index (χ0v) is 16.3. The lowest BCUT2D eigenvalue weighted by atomic mass is 9.47. The summed E-state index contributed by atoms with van der Waals surface area (Å²) in [6, 6.07) is 0. The van der Waals surface area contributed by atoms with E-state index in [0.717, 1.165) is 50.5 Å². The van der Waals surface area contributed by atoms with Gasteiger partial charge in [0.05, 0.1) is 0 Å². The molecule has 140 valence electrons. The van der Waals surface area contributed by atoms with Crippen LogP contribution in [0.15, 0.2) is 11.6 Å². The van der Waals surface area contributed by atoms with Gasteiger partial charge in [0.2, 0.25) is 0 Å². The second kappa shape index (κ2) is 6.64. The van der Waals surface area contributed by atoms with Gasteiger partial charge in [0, 0.05) is 19.4 Å². The highest BCUT2D eigenvalue weighted by molar-refractivity contribution is 5.91. The van der Waals surface area contributed by atoms with Gasteiger partial charge >= 0.3 is 0 Å². The van der Waals surface area contributed by atoms with Crippen molar-refractivity contribution < 1.29 is 14.7 Å². The van der Waals surface area contributed by atoms with Crippen LogP contribution < -0.4 is 0 Å². The number of carbonyl (C=O) groups excluding carboxylic acids is 2. The van der Waals surface area contributed by atoms with Crippen LogP contribution >= 0.6 is 0 Å².